The van der Waals surface area contributed by atoms with Crippen LogP contribution in [0.4, 0.5) is 5.95 Å². The average molecular weight is 259 g/mol. The molecule has 1 aliphatic heterocycles. The highest BCUT2D eigenvalue weighted by Gasteiger charge is 2.49. The van der Waals surface area contributed by atoms with Crippen LogP contribution < -0.4 is 4.90 Å². The lowest BCUT2D eigenvalue weighted by Gasteiger charge is -2.39. The first-order valence-electron chi connectivity index (χ1n) is 6.09. The molecule has 0 aromatic carbocycles. The molecule has 2 amide bonds. The van der Waals surface area contributed by atoms with Crippen LogP contribution in [0.5, 0.6) is 0 Å². The highest BCUT2D eigenvalue weighted by Crippen LogP contribution is 2.42. The number of imide groups is 1. The van der Waals surface area contributed by atoms with Gasteiger partial charge in [-0.05, 0) is 23.3 Å². The number of amides is 2. The van der Waals surface area contributed by atoms with Crippen LogP contribution in [0.2, 0.25) is 0 Å². The Morgan fingerprint density at radius 3 is 2.84 bits per heavy atom. The molecule has 1 fully saturated rings. The van der Waals surface area contributed by atoms with E-state index in [1.807, 2.05) is 13.0 Å². The predicted octanol–water partition coefficient (Wildman–Crippen LogP) is 0.366. The molecule has 2 aliphatic rings. The lowest BCUT2D eigenvalue weighted by Crippen LogP contribution is -2.53. The van der Waals surface area contributed by atoms with Gasteiger partial charge in [-0.2, -0.15) is 0 Å². The summed E-state index contributed by atoms with van der Waals surface area (Å²) in [6, 6.07) is 0. The van der Waals surface area contributed by atoms with Crippen molar-refractivity contribution in [1.29, 1.82) is 0 Å². The molecular formula is C12H13N5O2. The largest absolute Gasteiger partial charge is 0.273 e. The number of hydrogen-bond acceptors (Lipinski definition) is 5. The summed E-state index contributed by atoms with van der Waals surface area (Å²) >= 11 is 0. The molecule has 0 spiro atoms. The third-order valence-electron chi connectivity index (χ3n) is 3.75. The van der Waals surface area contributed by atoms with Crippen molar-refractivity contribution >= 4 is 17.8 Å². The number of rotatable bonds is 2. The van der Waals surface area contributed by atoms with Crippen LogP contribution >= 0.6 is 0 Å². The van der Waals surface area contributed by atoms with Crippen LogP contribution in [0.1, 0.15) is 19.8 Å². The van der Waals surface area contributed by atoms with E-state index in [2.05, 4.69) is 15.5 Å². The van der Waals surface area contributed by atoms with Crippen LogP contribution in [0, 0.1) is 5.41 Å². The monoisotopic (exact) mass is 259 g/mol. The number of aromatic nitrogens is 4. The Morgan fingerprint density at radius 1 is 1.42 bits per heavy atom. The molecule has 2 bridgehead atoms. The summed E-state index contributed by atoms with van der Waals surface area (Å²) in [5.74, 6) is -0.434. The molecule has 1 atom stereocenters. The van der Waals surface area contributed by atoms with Crippen molar-refractivity contribution in [3.63, 3.8) is 0 Å². The SMILES string of the molecule is CCC12C=CC=C(C1)C(=O)N(c1nnnn1C)C2=O. The van der Waals surface area contributed by atoms with Crippen LogP contribution in [0.25, 0.3) is 0 Å². The van der Waals surface area contributed by atoms with Gasteiger partial charge in [0.2, 0.25) is 5.91 Å². The Morgan fingerprint density at radius 2 is 2.21 bits per heavy atom. The zero-order chi connectivity index (χ0) is 13.6. The fourth-order valence-corrected chi connectivity index (χ4v) is 2.55. The van der Waals surface area contributed by atoms with Gasteiger partial charge in [-0.15, -0.1) is 0 Å². The number of carbonyl (C=O) groups excluding carboxylic acids is 2. The molecular weight excluding hydrogens is 246 g/mol. The van der Waals surface area contributed by atoms with Gasteiger partial charge in [0.25, 0.3) is 11.9 Å². The van der Waals surface area contributed by atoms with Crippen molar-refractivity contribution in [1.82, 2.24) is 20.2 Å². The fraction of sp³-hybridized carbons (Fsp3) is 0.417. The number of tetrazole rings is 1. The molecule has 1 saturated heterocycles. The summed E-state index contributed by atoms with van der Waals surface area (Å²) in [5.41, 5.74) is -0.0313. The summed E-state index contributed by atoms with van der Waals surface area (Å²) in [6.07, 6.45) is 6.49. The summed E-state index contributed by atoms with van der Waals surface area (Å²) < 4.78 is 1.32. The maximum absolute atomic E-state index is 12.7. The van der Waals surface area contributed by atoms with Gasteiger partial charge in [-0.1, -0.05) is 30.3 Å². The van der Waals surface area contributed by atoms with Crippen molar-refractivity contribution < 1.29 is 9.59 Å². The lowest BCUT2D eigenvalue weighted by atomic mass is 9.72. The number of allylic oxidation sites excluding steroid dienone is 2. The topological polar surface area (TPSA) is 81.0 Å². The Balaban J connectivity index is 2.14. The van der Waals surface area contributed by atoms with Gasteiger partial charge >= 0.3 is 0 Å². The Labute approximate surface area is 109 Å². The second-order valence-corrected chi connectivity index (χ2v) is 4.79. The minimum absolute atomic E-state index is 0.161. The van der Waals surface area contributed by atoms with E-state index < -0.39 is 5.41 Å². The van der Waals surface area contributed by atoms with Crippen LogP contribution in [-0.2, 0) is 16.6 Å². The molecule has 0 saturated carbocycles. The van der Waals surface area contributed by atoms with E-state index in [-0.39, 0.29) is 17.8 Å². The molecule has 7 heteroatoms. The molecule has 2 heterocycles. The highest BCUT2D eigenvalue weighted by molar-refractivity contribution is 6.24. The minimum atomic E-state index is -0.649. The van der Waals surface area contributed by atoms with Gasteiger partial charge in [0, 0.05) is 12.6 Å². The second kappa shape index (κ2) is 3.84. The average Bonchev–Trinajstić information content (AvgIpc) is 2.84. The molecule has 1 aromatic rings. The first-order valence-corrected chi connectivity index (χ1v) is 6.09. The number of piperidine rings is 1. The quantitative estimate of drug-likeness (QED) is 0.716. The summed E-state index contributed by atoms with van der Waals surface area (Å²) in [5, 5.41) is 10.9. The molecule has 19 heavy (non-hydrogen) atoms. The van der Waals surface area contributed by atoms with Crippen molar-refractivity contribution in [2.45, 2.75) is 19.8 Å². The van der Waals surface area contributed by atoms with Gasteiger partial charge in [0.15, 0.2) is 0 Å². The first kappa shape index (κ1) is 11.8. The Hall–Kier alpha value is -2.31. The van der Waals surface area contributed by atoms with Crippen molar-refractivity contribution in [3.05, 3.63) is 23.8 Å². The lowest BCUT2D eigenvalue weighted by molar-refractivity contribution is -0.133. The molecule has 3 rings (SSSR count). The summed E-state index contributed by atoms with van der Waals surface area (Å²) in [6.45, 7) is 1.94. The van der Waals surface area contributed by atoms with Crippen LogP contribution in [0.3, 0.4) is 0 Å². The zero-order valence-corrected chi connectivity index (χ0v) is 10.7. The highest BCUT2D eigenvalue weighted by atomic mass is 16.2. The zero-order valence-electron chi connectivity index (χ0n) is 10.7. The Bertz CT molecular complexity index is 630. The standard InChI is InChI=1S/C12H13N5O2/c1-3-12-6-4-5-8(7-12)9(18)17(10(12)19)11-13-14-15-16(11)2/h4-6H,3,7H2,1-2H3. The summed E-state index contributed by atoms with van der Waals surface area (Å²) in [7, 11) is 1.60. The second-order valence-electron chi connectivity index (χ2n) is 4.79. The van der Waals surface area contributed by atoms with E-state index in [0.717, 1.165) is 4.90 Å². The van der Waals surface area contributed by atoms with E-state index in [0.29, 0.717) is 18.4 Å². The smallest absolute Gasteiger partial charge is 0.263 e. The number of hydrogen-bond donors (Lipinski definition) is 0. The van der Waals surface area contributed by atoms with E-state index in [4.69, 9.17) is 0 Å². The minimum Gasteiger partial charge on any atom is -0.273 e. The normalized spacial score (nSPS) is 25.8. The van der Waals surface area contributed by atoms with Gasteiger partial charge < -0.3 is 0 Å². The number of nitrogens with zero attached hydrogens (tertiary/aromatic N) is 5. The first-order chi connectivity index (χ1) is 9.09. The maximum Gasteiger partial charge on any atom is 0.263 e. The number of fused-ring (bicyclic) bond motifs is 2. The van der Waals surface area contributed by atoms with Gasteiger partial charge in [-0.3, -0.25) is 9.59 Å². The molecule has 98 valence electrons. The third kappa shape index (κ3) is 1.47. The third-order valence-corrected chi connectivity index (χ3v) is 3.75. The predicted molar refractivity (Wildman–Crippen MR) is 65.9 cm³/mol. The maximum atomic E-state index is 12.7. The van der Waals surface area contributed by atoms with Crippen molar-refractivity contribution in [3.8, 4) is 0 Å². The van der Waals surface area contributed by atoms with Crippen LogP contribution in [-0.4, -0.2) is 32.0 Å². The Kier molecular flexibility index (Phi) is 2.38. The van der Waals surface area contributed by atoms with E-state index in [1.54, 1.807) is 19.2 Å². The molecule has 0 N–H and O–H groups in total. The van der Waals surface area contributed by atoms with E-state index >= 15 is 0 Å². The molecule has 7 nitrogen and oxygen atoms in total. The number of anilines is 1. The molecule has 1 aromatic heterocycles. The molecule has 1 aliphatic carbocycles. The fourth-order valence-electron chi connectivity index (χ4n) is 2.55. The van der Waals surface area contributed by atoms with Gasteiger partial charge in [-0.25, -0.2) is 9.58 Å². The van der Waals surface area contributed by atoms with Gasteiger partial charge in [0.1, 0.15) is 0 Å². The summed E-state index contributed by atoms with van der Waals surface area (Å²) in [4.78, 5) is 26.1. The van der Waals surface area contributed by atoms with E-state index in [9.17, 15) is 9.59 Å². The van der Waals surface area contributed by atoms with E-state index in [1.165, 1.54) is 4.68 Å². The number of aryl methyl sites for hydroxylation is 1. The number of carbonyl (C=O) groups is 2. The molecule has 1 unspecified atom stereocenters. The van der Waals surface area contributed by atoms with Gasteiger partial charge in [0.05, 0.1) is 5.41 Å². The van der Waals surface area contributed by atoms with Crippen molar-refractivity contribution in [2.75, 3.05) is 4.90 Å². The molecule has 0 radical (unpaired) electrons. The van der Waals surface area contributed by atoms with Crippen LogP contribution in [0.15, 0.2) is 23.8 Å². The van der Waals surface area contributed by atoms with Crippen molar-refractivity contribution in [2.24, 2.45) is 12.5 Å².